The zero-order valence-electron chi connectivity index (χ0n) is 9.48. The molecule has 0 radical (unpaired) electrons. The maximum absolute atomic E-state index is 5.92. The van der Waals surface area contributed by atoms with E-state index in [1.54, 1.807) is 0 Å². The monoisotopic (exact) mass is 212 g/mol. The number of nitrogens with zero attached hydrogens (tertiary/aromatic N) is 1. The number of nitrogen functional groups attached to an aromatic ring is 1. The molecule has 0 amide bonds. The van der Waals surface area contributed by atoms with Crippen molar-refractivity contribution in [3.8, 4) is 0 Å². The first-order chi connectivity index (χ1) is 7.75. The van der Waals surface area contributed by atoms with Gasteiger partial charge in [0.05, 0.1) is 11.4 Å². The van der Waals surface area contributed by atoms with Crippen LogP contribution in [0, 0.1) is 6.92 Å². The minimum absolute atomic E-state index is 0.802. The number of aromatic nitrogens is 1. The van der Waals surface area contributed by atoms with Crippen LogP contribution in [0.3, 0.4) is 0 Å². The lowest BCUT2D eigenvalue weighted by atomic mass is 10.1. The highest BCUT2D eigenvalue weighted by atomic mass is 14.7. The maximum Gasteiger partial charge on any atom is 0.0636 e. The lowest BCUT2D eigenvalue weighted by Gasteiger charge is -2.05. The number of benzene rings is 1. The van der Waals surface area contributed by atoms with E-state index in [4.69, 9.17) is 5.73 Å². The number of anilines is 1. The fourth-order valence-electron chi connectivity index (χ4n) is 1.74. The van der Waals surface area contributed by atoms with Gasteiger partial charge in [-0.05, 0) is 37.0 Å². The van der Waals surface area contributed by atoms with Gasteiger partial charge in [-0.15, -0.1) is 0 Å². The molecule has 2 nitrogen and oxygen atoms in total. The van der Waals surface area contributed by atoms with Crippen molar-refractivity contribution in [2.24, 2.45) is 0 Å². The van der Waals surface area contributed by atoms with Crippen LogP contribution in [0.15, 0.2) is 42.6 Å². The highest BCUT2D eigenvalue weighted by Gasteiger charge is 2.01. The molecule has 0 bridgehead atoms. The summed E-state index contributed by atoms with van der Waals surface area (Å²) in [5.74, 6) is 0. The minimum Gasteiger partial charge on any atom is -0.397 e. The molecule has 2 aromatic rings. The summed E-state index contributed by atoms with van der Waals surface area (Å²) in [5.41, 5.74) is 10.2. The molecule has 0 atom stereocenters. The van der Waals surface area contributed by atoms with Gasteiger partial charge < -0.3 is 5.73 Å². The van der Waals surface area contributed by atoms with E-state index in [1.165, 1.54) is 5.56 Å². The number of hydrogen-bond acceptors (Lipinski definition) is 2. The second-order valence-corrected chi connectivity index (χ2v) is 4.03. The first kappa shape index (κ1) is 10.7. The summed E-state index contributed by atoms with van der Waals surface area (Å²) in [6.45, 7) is 2.00. The molecule has 0 fully saturated rings. The first-order valence-corrected chi connectivity index (χ1v) is 5.50. The topological polar surface area (TPSA) is 38.9 Å². The van der Waals surface area contributed by atoms with Crippen LogP contribution in [0.5, 0.6) is 0 Å². The molecular formula is C14H16N2. The summed E-state index contributed by atoms with van der Waals surface area (Å²) < 4.78 is 0. The minimum atomic E-state index is 0.802. The second kappa shape index (κ2) is 4.79. The van der Waals surface area contributed by atoms with Gasteiger partial charge in [-0.3, -0.25) is 4.98 Å². The Morgan fingerprint density at radius 3 is 2.56 bits per heavy atom. The zero-order chi connectivity index (χ0) is 11.4. The van der Waals surface area contributed by atoms with Gasteiger partial charge >= 0.3 is 0 Å². The molecule has 0 aliphatic heterocycles. The number of aryl methyl sites for hydroxylation is 3. The van der Waals surface area contributed by atoms with E-state index in [2.05, 4.69) is 29.2 Å². The summed E-state index contributed by atoms with van der Waals surface area (Å²) in [5, 5.41) is 0. The van der Waals surface area contributed by atoms with E-state index >= 15 is 0 Å². The molecule has 0 aliphatic carbocycles. The Morgan fingerprint density at radius 1 is 1.12 bits per heavy atom. The van der Waals surface area contributed by atoms with Gasteiger partial charge in [0.1, 0.15) is 0 Å². The SMILES string of the molecule is Cc1cnc(CCc2ccccc2)c(N)c1. The molecule has 2 rings (SSSR count). The van der Waals surface area contributed by atoms with Gasteiger partial charge in [-0.2, -0.15) is 0 Å². The fourth-order valence-corrected chi connectivity index (χ4v) is 1.74. The molecule has 1 aromatic carbocycles. The van der Waals surface area contributed by atoms with Crippen LogP contribution in [0.1, 0.15) is 16.8 Å². The lowest BCUT2D eigenvalue weighted by Crippen LogP contribution is -2.00. The van der Waals surface area contributed by atoms with Crippen molar-refractivity contribution >= 4 is 5.69 Å². The second-order valence-electron chi connectivity index (χ2n) is 4.03. The summed E-state index contributed by atoms with van der Waals surface area (Å²) in [7, 11) is 0. The van der Waals surface area contributed by atoms with Crippen LogP contribution < -0.4 is 5.73 Å². The molecule has 82 valence electrons. The molecule has 0 spiro atoms. The molecule has 0 saturated heterocycles. The van der Waals surface area contributed by atoms with E-state index in [0.717, 1.165) is 29.8 Å². The van der Waals surface area contributed by atoms with Gasteiger partial charge in [-0.1, -0.05) is 30.3 Å². The maximum atomic E-state index is 5.92. The molecule has 1 aromatic heterocycles. The molecule has 2 N–H and O–H groups in total. The summed E-state index contributed by atoms with van der Waals surface area (Å²) in [4.78, 5) is 4.37. The van der Waals surface area contributed by atoms with Crippen molar-refractivity contribution < 1.29 is 0 Å². The Bertz CT molecular complexity index is 463. The average molecular weight is 212 g/mol. The van der Waals surface area contributed by atoms with Crippen LogP contribution in [0.25, 0.3) is 0 Å². The molecular weight excluding hydrogens is 196 g/mol. The lowest BCUT2D eigenvalue weighted by molar-refractivity contribution is 0.915. The quantitative estimate of drug-likeness (QED) is 0.849. The molecule has 2 heteroatoms. The van der Waals surface area contributed by atoms with E-state index in [0.29, 0.717) is 0 Å². The molecule has 0 aliphatic rings. The third kappa shape index (κ3) is 2.60. The summed E-state index contributed by atoms with van der Waals surface area (Å²) >= 11 is 0. The number of pyridine rings is 1. The number of hydrogen-bond donors (Lipinski definition) is 1. The normalized spacial score (nSPS) is 10.3. The molecule has 1 heterocycles. The largest absolute Gasteiger partial charge is 0.397 e. The zero-order valence-corrected chi connectivity index (χ0v) is 9.48. The van der Waals surface area contributed by atoms with E-state index < -0.39 is 0 Å². The highest BCUT2D eigenvalue weighted by molar-refractivity contribution is 5.44. The predicted molar refractivity (Wildman–Crippen MR) is 67.2 cm³/mol. The molecule has 0 unspecified atom stereocenters. The Morgan fingerprint density at radius 2 is 1.88 bits per heavy atom. The highest BCUT2D eigenvalue weighted by Crippen LogP contribution is 2.13. The summed E-state index contributed by atoms with van der Waals surface area (Å²) in [6.07, 6.45) is 3.76. The van der Waals surface area contributed by atoms with Gasteiger partial charge in [0.2, 0.25) is 0 Å². The van der Waals surface area contributed by atoms with Crippen LogP contribution in [-0.2, 0) is 12.8 Å². The summed E-state index contributed by atoms with van der Waals surface area (Å²) in [6, 6.07) is 12.4. The van der Waals surface area contributed by atoms with E-state index in [1.807, 2.05) is 25.3 Å². The van der Waals surface area contributed by atoms with Crippen molar-refractivity contribution in [1.29, 1.82) is 0 Å². The van der Waals surface area contributed by atoms with Crippen LogP contribution in [0.2, 0.25) is 0 Å². The Balaban J connectivity index is 2.05. The van der Waals surface area contributed by atoms with Gasteiger partial charge in [-0.25, -0.2) is 0 Å². The van der Waals surface area contributed by atoms with Gasteiger partial charge in [0.25, 0.3) is 0 Å². The Labute approximate surface area is 96.1 Å². The number of rotatable bonds is 3. The third-order valence-corrected chi connectivity index (χ3v) is 2.63. The van der Waals surface area contributed by atoms with Crippen LogP contribution in [-0.4, -0.2) is 4.98 Å². The first-order valence-electron chi connectivity index (χ1n) is 5.50. The Hall–Kier alpha value is -1.83. The average Bonchev–Trinajstić information content (AvgIpc) is 2.29. The third-order valence-electron chi connectivity index (χ3n) is 2.63. The molecule has 0 saturated carbocycles. The van der Waals surface area contributed by atoms with Gasteiger partial charge in [0, 0.05) is 6.20 Å². The van der Waals surface area contributed by atoms with Gasteiger partial charge in [0.15, 0.2) is 0 Å². The standard InChI is InChI=1S/C14H16N2/c1-11-9-13(15)14(16-10-11)8-7-12-5-3-2-4-6-12/h2-6,9-10H,7-8,15H2,1H3. The molecule has 16 heavy (non-hydrogen) atoms. The Kier molecular flexibility index (Phi) is 3.20. The van der Waals surface area contributed by atoms with Crippen LogP contribution in [0.4, 0.5) is 5.69 Å². The van der Waals surface area contributed by atoms with Crippen molar-refractivity contribution in [1.82, 2.24) is 4.98 Å². The van der Waals surface area contributed by atoms with Crippen molar-refractivity contribution in [3.05, 3.63) is 59.4 Å². The van der Waals surface area contributed by atoms with Crippen molar-refractivity contribution in [2.45, 2.75) is 19.8 Å². The van der Waals surface area contributed by atoms with Crippen LogP contribution >= 0.6 is 0 Å². The van der Waals surface area contributed by atoms with Crippen molar-refractivity contribution in [2.75, 3.05) is 5.73 Å². The number of nitrogens with two attached hydrogens (primary N) is 1. The fraction of sp³-hybridized carbons (Fsp3) is 0.214. The smallest absolute Gasteiger partial charge is 0.0636 e. The van der Waals surface area contributed by atoms with Crippen molar-refractivity contribution in [3.63, 3.8) is 0 Å². The van der Waals surface area contributed by atoms with E-state index in [9.17, 15) is 0 Å². The van der Waals surface area contributed by atoms with E-state index in [-0.39, 0.29) is 0 Å². The predicted octanol–water partition coefficient (Wildman–Crippen LogP) is 2.76.